The standard InChI is InChI=1S/C16H24FNO/c1-2-19-16-11-10-14(12-15(16)17)18-13-8-6-4-3-5-7-9-13/h10-13,18H,2-9H2,1H3. The van der Waals surface area contributed by atoms with E-state index in [1.165, 1.54) is 44.9 Å². The molecule has 0 heterocycles. The second-order valence-corrected chi connectivity index (χ2v) is 5.26. The maximum Gasteiger partial charge on any atom is 0.167 e. The van der Waals surface area contributed by atoms with E-state index in [9.17, 15) is 4.39 Å². The molecule has 0 spiro atoms. The van der Waals surface area contributed by atoms with Gasteiger partial charge < -0.3 is 10.1 Å². The predicted molar refractivity (Wildman–Crippen MR) is 77.3 cm³/mol. The molecule has 0 radical (unpaired) electrons. The van der Waals surface area contributed by atoms with Crippen LogP contribution in [0.4, 0.5) is 10.1 Å². The van der Waals surface area contributed by atoms with Crippen LogP contribution in [0.5, 0.6) is 5.75 Å². The molecule has 0 bridgehead atoms. The molecule has 19 heavy (non-hydrogen) atoms. The minimum atomic E-state index is -0.280. The van der Waals surface area contributed by atoms with E-state index in [1.807, 2.05) is 13.0 Å². The Kier molecular flexibility index (Phi) is 5.49. The molecule has 106 valence electrons. The van der Waals surface area contributed by atoms with Gasteiger partial charge in [0.2, 0.25) is 0 Å². The van der Waals surface area contributed by atoms with Gasteiger partial charge in [-0.2, -0.15) is 0 Å². The smallest absolute Gasteiger partial charge is 0.167 e. The zero-order chi connectivity index (χ0) is 13.5. The lowest BCUT2D eigenvalue weighted by Gasteiger charge is -2.22. The molecule has 2 rings (SSSR count). The van der Waals surface area contributed by atoms with Crippen LogP contribution in [0.1, 0.15) is 51.9 Å². The average Bonchev–Trinajstić information content (AvgIpc) is 2.36. The van der Waals surface area contributed by atoms with Crippen molar-refractivity contribution in [1.82, 2.24) is 0 Å². The average molecular weight is 265 g/mol. The zero-order valence-corrected chi connectivity index (χ0v) is 11.8. The Balaban J connectivity index is 1.95. The summed E-state index contributed by atoms with van der Waals surface area (Å²) in [7, 11) is 0. The molecule has 1 aromatic carbocycles. The summed E-state index contributed by atoms with van der Waals surface area (Å²) in [5.74, 6) is 0.0587. The van der Waals surface area contributed by atoms with Crippen LogP contribution in [-0.2, 0) is 0 Å². The van der Waals surface area contributed by atoms with Crippen LogP contribution in [0.25, 0.3) is 0 Å². The number of anilines is 1. The van der Waals surface area contributed by atoms with Crippen molar-refractivity contribution in [3.05, 3.63) is 24.0 Å². The second kappa shape index (κ2) is 7.37. The summed E-state index contributed by atoms with van der Waals surface area (Å²) in [6.07, 6.45) is 8.95. The van der Waals surface area contributed by atoms with Crippen molar-refractivity contribution in [3.8, 4) is 5.75 Å². The van der Waals surface area contributed by atoms with Gasteiger partial charge in [0.25, 0.3) is 0 Å². The van der Waals surface area contributed by atoms with Crippen molar-refractivity contribution in [2.45, 2.75) is 57.9 Å². The third-order valence-electron chi connectivity index (χ3n) is 3.71. The molecule has 0 amide bonds. The number of nitrogens with one attached hydrogen (secondary N) is 1. The first kappa shape index (κ1) is 14.2. The summed E-state index contributed by atoms with van der Waals surface area (Å²) in [4.78, 5) is 0. The van der Waals surface area contributed by atoms with Crippen molar-refractivity contribution in [2.24, 2.45) is 0 Å². The normalized spacial score (nSPS) is 17.6. The van der Waals surface area contributed by atoms with E-state index in [2.05, 4.69) is 5.32 Å². The number of rotatable bonds is 4. The largest absolute Gasteiger partial charge is 0.491 e. The molecule has 1 saturated carbocycles. The molecule has 3 heteroatoms. The van der Waals surface area contributed by atoms with Crippen LogP contribution in [0.3, 0.4) is 0 Å². The first-order valence-corrected chi connectivity index (χ1v) is 7.48. The van der Waals surface area contributed by atoms with Crippen LogP contribution >= 0.6 is 0 Å². The number of halogens is 1. The Labute approximate surface area is 115 Å². The van der Waals surface area contributed by atoms with Crippen molar-refractivity contribution in [3.63, 3.8) is 0 Å². The van der Waals surface area contributed by atoms with E-state index in [-0.39, 0.29) is 5.82 Å². The Morgan fingerprint density at radius 1 is 1.16 bits per heavy atom. The summed E-state index contributed by atoms with van der Waals surface area (Å²) < 4.78 is 19.0. The van der Waals surface area contributed by atoms with Crippen molar-refractivity contribution < 1.29 is 9.13 Å². The molecule has 1 aromatic rings. The van der Waals surface area contributed by atoms with Gasteiger partial charge >= 0.3 is 0 Å². The summed E-state index contributed by atoms with van der Waals surface area (Å²) in [5.41, 5.74) is 0.867. The van der Waals surface area contributed by atoms with Gasteiger partial charge in [0.15, 0.2) is 11.6 Å². The molecule has 1 aliphatic rings. The minimum absolute atomic E-state index is 0.280. The quantitative estimate of drug-likeness (QED) is 0.848. The molecule has 0 unspecified atom stereocenters. The molecular formula is C16H24FNO. The van der Waals surface area contributed by atoms with Crippen molar-refractivity contribution >= 4 is 5.69 Å². The van der Waals surface area contributed by atoms with Gasteiger partial charge in [-0.3, -0.25) is 0 Å². The summed E-state index contributed by atoms with van der Waals surface area (Å²) in [6.45, 7) is 2.35. The molecule has 0 aromatic heterocycles. The highest BCUT2D eigenvalue weighted by atomic mass is 19.1. The third-order valence-corrected chi connectivity index (χ3v) is 3.71. The molecule has 0 saturated heterocycles. The Morgan fingerprint density at radius 2 is 1.84 bits per heavy atom. The molecule has 1 aliphatic carbocycles. The zero-order valence-electron chi connectivity index (χ0n) is 11.8. The summed E-state index contributed by atoms with van der Waals surface area (Å²) in [6, 6.07) is 5.65. The fourth-order valence-corrected chi connectivity index (χ4v) is 2.70. The fraction of sp³-hybridized carbons (Fsp3) is 0.625. The molecule has 0 atom stereocenters. The lowest BCUT2D eigenvalue weighted by molar-refractivity contribution is 0.321. The molecule has 1 N–H and O–H groups in total. The van der Waals surface area contributed by atoms with Crippen molar-refractivity contribution in [2.75, 3.05) is 11.9 Å². The molecule has 1 fully saturated rings. The SMILES string of the molecule is CCOc1ccc(NC2CCCCCCC2)cc1F. The Hall–Kier alpha value is -1.25. The van der Waals surface area contributed by atoms with Crippen LogP contribution < -0.4 is 10.1 Å². The second-order valence-electron chi connectivity index (χ2n) is 5.26. The van der Waals surface area contributed by atoms with Gasteiger partial charge in [0.1, 0.15) is 0 Å². The van der Waals surface area contributed by atoms with E-state index in [0.717, 1.165) is 5.69 Å². The number of hydrogen-bond acceptors (Lipinski definition) is 2. The summed E-state index contributed by atoms with van der Waals surface area (Å²) in [5, 5.41) is 3.46. The number of benzene rings is 1. The van der Waals surface area contributed by atoms with E-state index in [4.69, 9.17) is 4.74 Å². The Morgan fingerprint density at radius 3 is 2.47 bits per heavy atom. The van der Waals surface area contributed by atoms with Crippen LogP contribution in [0, 0.1) is 5.82 Å². The number of hydrogen-bond donors (Lipinski definition) is 1. The lowest BCUT2D eigenvalue weighted by atomic mass is 9.96. The van der Waals surface area contributed by atoms with E-state index in [1.54, 1.807) is 12.1 Å². The first-order chi connectivity index (χ1) is 9.29. The van der Waals surface area contributed by atoms with E-state index < -0.39 is 0 Å². The van der Waals surface area contributed by atoms with Gasteiger partial charge in [-0.25, -0.2) is 4.39 Å². The van der Waals surface area contributed by atoms with Crippen LogP contribution in [0.15, 0.2) is 18.2 Å². The monoisotopic (exact) mass is 265 g/mol. The topological polar surface area (TPSA) is 21.3 Å². The maximum atomic E-state index is 13.8. The molecular weight excluding hydrogens is 241 g/mol. The van der Waals surface area contributed by atoms with Gasteiger partial charge in [0.05, 0.1) is 6.61 Å². The molecule has 2 nitrogen and oxygen atoms in total. The number of ether oxygens (including phenoxy) is 1. The van der Waals surface area contributed by atoms with Gasteiger partial charge in [-0.1, -0.05) is 32.1 Å². The Bertz CT molecular complexity index is 386. The van der Waals surface area contributed by atoms with E-state index in [0.29, 0.717) is 18.4 Å². The van der Waals surface area contributed by atoms with Crippen LogP contribution in [0.2, 0.25) is 0 Å². The third kappa shape index (κ3) is 4.41. The predicted octanol–water partition coefficient (Wildman–Crippen LogP) is 4.75. The van der Waals surface area contributed by atoms with Gasteiger partial charge in [0, 0.05) is 17.8 Å². The van der Waals surface area contributed by atoms with Crippen molar-refractivity contribution in [1.29, 1.82) is 0 Å². The highest BCUT2D eigenvalue weighted by Gasteiger charge is 2.12. The first-order valence-electron chi connectivity index (χ1n) is 7.48. The van der Waals surface area contributed by atoms with Crippen LogP contribution in [-0.4, -0.2) is 12.6 Å². The summed E-state index contributed by atoms with van der Waals surface area (Å²) >= 11 is 0. The minimum Gasteiger partial charge on any atom is -0.491 e. The maximum absolute atomic E-state index is 13.8. The van der Waals surface area contributed by atoms with Gasteiger partial charge in [-0.05, 0) is 31.9 Å². The highest BCUT2D eigenvalue weighted by Crippen LogP contribution is 2.24. The lowest BCUT2D eigenvalue weighted by Crippen LogP contribution is -2.20. The van der Waals surface area contributed by atoms with E-state index >= 15 is 0 Å². The fourth-order valence-electron chi connectivity index (χ4n) is 2.70. The highest BCUT2D eigenvalue weighted by molar-refractivity contribution is 5.48. The molecule has 0 aliphatic heterocycles. The van der Waals surface area contributed by atoms with Gasteiger partial charge in [-0.15, -0.1) is 0 Å².